The Hall–Kier alpha value is -3.72. The third-order valence-electron chi connectivity index (χ3n) is 4.65. The molecule has 3 aromatic carbocycles. The number of hydrogen-bond acceptors (Lipinski definition) is 6. The highest BCUT2D eigenvalue weighted by atomic mass is 32.2. The van der Waals surface area contributed by atoms with Crippen molar-refractivity contribution in [1.82, 2.24) is 0 Å². The van der Waals surface area contributed by atoms with Gasteiger partial charge in [0, 0.05) is 23.0 Å². The van der Waals surface area contributed by atoms with Crippen LogP contribution in [0.2, 0.25) is 0 Å². The number of carbonyl (C=O) groups is 1. The first kappa shape index (κ1) is 21.5. The first-order chi connectivity index (χ1) is 15.4. The van der Waals surface area contributed by atoms with Crippen molar-refractivity contribution in [3.8, 4) is 17.2 Å². The van der Waals surface area contributed by atoms with Gasteiger partial charge in [-0.05, 0) is 67.6 Å². The fourth-order valence-electron chi connectivity index (χ4n) is 3.10. The summed E-state index contributed by atoms with van der Waals surface area (Å²) in [6, 6.07) is 17.6. The molecule has 3 aromatic rings. The SMILES string of the molecule is CCOc1ccc(NC(=O)c2ccc(NS(=O)(=O)c3ccc4c(c3)OCCO4)cc2)cc1. The maximum atomic E-state index is 12.7. The molecule has 4 rings (SSSR count). The molecule has 0 spiro atoms. The molecule has 8 nitrogen and oxygen atoms in total. The van der Waals surface area contributed by atoms with Gasteiger partial charge >= 0.3 is 0 Å². The normalized spacial score (nSPS) is 12.7. The van der Waals surface area contributed by atoms with Crippen LogP contribution in [-0.4, -0.2) is 34.1 Å². The lowest BCUT2D eigenvalue weighted by Gasteiger charge is -2.19. The van der Waals surface area contributed by atoms with E-state index >= 15 is 0 Å². The molecule has 2 N–H and O–H groups in total. The molecule has 9 heteroatoms. The minimum absolute atomic E-state index is 0.0547. The molecule has 32 heavy (non-hydrogen) atoms. The van der Waals surface area contributed by atoms with E-state index < -0.39 is 10.0 Å². The van der Waals surface area contributed by atoms with Crippen molar-refractivity contribution >= 4 is 27.3 Å². The summed E-state index contributed by atoms with van der Waals surface area (Å²) in [7, 11) is -3.84. The number of ether oxygens (including phenoxy) is 3. The van der Waals surface area contributed by atoms with Gasteiger partial charge in [0.15, 0.2) is 11.5 Å². The maximum absolute atomic E-state index is 12.7. The van der Waals surface area contributed by atoms with E-state index in [9.17, 15) is 13.2 Å². The highest BCUT2D eigenvalue weighted by Gasteiger charge is 2.19. The molecule has 1 heterocycles. The van der Waals surface area contributed by atoms with Crippen LogP contribution >= 0.6 is 0 Å². The van der Waals surface area contributed by atoms with E-state index in [0.29, 0.717) is 48.3 Å². The van der Waals surface area contributed by atoms with Gasteiger partial charge in [0.05, 0.1) is 11.5 Å². The van der Waals surface area contributed by atoms with Crippen molar-refractivity contribution in [3.63, 3.8) is 0 Å². The Labute approximate surface area is 186 Å². The quantitative estimate of drug-likeness (QED) is 0.561. The fourth-order valence-corrected chi connectivity index (χ4v) is 4.17. The zero-order valence-corrected chi connectivity index (χ0v) is 18.1. The van der Waals surface area contributed by atoms with Crippen LogP contribution in [0.25, 0.3) is 0 Å². The van der Waals surface area contributed by atoms with E-state index in [-0.39, 0.29) is 10.8 Å². The number of rotatable bonds is 7. The minimum Gasteiger partial charge on any atom is -0.494 e. The Morgan fingerprint density at radius 3 is 2.25 bits per heavy atom. The van der Waals surface area contributed by atoms with Gasteiger partial charge in [0.2, 0.25) is 0 Å². The topological polar surface area (TPSA) is 103 Å². The first-order valence-electron chi connectivity index (χ1n) is 10.0. The Morgan fingerprint density at radius 1 is 0.906 bits per heavy atom. The van der Waals surface area contributed by atoms with Gasteiger partial charge in [-0.3, -0.25) is 9.52 Å². The summed E-state index contributed by atoms with van der Waals surface area (Å²) in [6.07, 6.45) is 0. The molecule has 1 aliphatic heterocycles. The van der Waals surface area contributed by atoms with Crippen molar-refractivity contribution < 1.29 is 27.4 Å². The zero-order valence-electron chi connectivity index (χ0n) is 17.3. The van der Waals surface area contributed by atoms with Gasteiger partial charge in [-0.1, -0.05) is 0 Å². The highest BCUT2D eigenvalue weighted by molar-refractivity contribution is 7.92. The van der Waals surface area contributed by atoms with E-state index in [4.69, 9.17) is 14.2 Å². The van der Waals surface area contributed by atoms with Gasteiger partial charge < -0.3 is 19.5 Å². The number of benzene rings is 3. The van der Waals surface area contributed by atoms with Crippen molar-refractivity contribution in [3.05, 3.63) is 72.3 Å². The first-order valence-corrected chi connectivity index (χ1v) is 11.5. The molecule has 0 atom stereocenters. The summed E-state index contributed by atoms with van der Waals surface area (Å²) < 4.78 is 44.2. The molecule has 1 aliphatic rings. The van der Waals surface area contributed by atoms with Crippen LogP contribution < -0.4 is 24.2 Å². The zero-order chi connectivity index (χ0) is 22.6. The lowest BCUT2D eigenvalue weighted by molar-refractivity contribution is 0.102. The van der Waals surface area contributed by atoms with E-state index in [2.05, 4.69) is 10.0 Å². The molecule has 0 fully saturated rings. The molecule has 0 radical (unpaired) electrons. The Balaban J connectivity index is 1.42. The molecular weight excluding hydrogens is 432 g/mol. The average Bonchev–Trinajstić information content (AvgIpc) is 2.80. The molecule has 1 amide bonds. The monoisotopic (exact) mass is 454 g/mol. The highest BCUT2D eigenvalue weighted by Crippen LogP contribution is 2.32. The lowest BCUT2D eigenvalue weighted by Crippen LogP contribution is -2.17. The van der Waals surface area contributed by atoms with Gasteiger partial charge in [0.25, 0.3) is 15.9 Å². The number of sulfonamides is 1. The molecular formula is C23H22N2O6S. The van der Waals surface area contributed by atoms with Gasteiger partial charge in [-0.15, -0.1) is 0 Å². The summed E-state index contributed by atoms with van der Waals surface area (Å²) in [5.74, 6) is 1.31. The molecule has 166 valence electrons. The van der Waals surface area contributed by atoms with Crippen molar-refractivity contribution in [2.45, 2.75) is 11.8 Å². The Kier molecular flexibility index (Phi) is 6.18. The summed E-state index contributed by atoms with van der Waals surface area (Å²) in [5.41, 5.74) is 1.35. The van der Waals surface area contributed by atoms with Crippen LogP contribution in [0.4, 0.5) is 11.4 Å². The number of carbonyl (C=O) groups excluding carboxylic acids is 1. The lowest BCUT2D eigenvalue weighted by atomic mass is 10.2. The Bertz CT molecular complexity index is 1210. The second-order valence-corrected chi connectivity index (χ2v) is 8.58. The van der Waals surface area contributed by atoms with Crippen LogP contribution in [0.15, 0.2) is 71.6 Å². The number of hydrogen-bond donors (Lipinski definition) is 2. The molecule has 0 unspecified atom stereocenters. The number of nitrogens with one attached hydrogen (secondary N) is 2. The third kappa shape index (κ3) is 4.94. The van der Waals surface area contributed by atoms with Crippen LogP contribution in [0.5, 0.6) is 17.2 Å². The molecule has 0 saturated carbocycles. The van der Waals surface area contributed by atoms with Crippen LogP contribution in [-0.2, 0) is 10.0 Å². The molecule has 0 bridgehead atoms. The summed E-state index contributed by atoms with van der Waals surface area (Å²) in [5, 5.41) is 2.79. The van der Waals surface area contributed by atoms with E-state index in [1.54, 1.807) is 42.5 Å². The smallest absolute Gasteiger partial charge is 0.262 e. The van der Waals surface area contributed by atoms with Crippen molar-refractivity contribution in [2.24, 2.45) is 0 Å². The van der Waals surface area contributed by atoms with Gasteiger partial charge in [0.1, 0.15) is 19.0 Å². The second kappa shape index (κ2) is 9.19. The van der Waals surface area contributed by atoms with Crippen LogP contribution in [0.3, 0.4) is 0 Å². The van der Waals surface area contributed by atoms with Crippen molar-refractivity contribution in [1.29, 1.82) is 0 Å². The predicted octanol–water partition coefficient (Wildman–Crippen LogP) is 3.91. The van der Waals surface area contributed by atoms with E-state index in [1.807, 2.05) is 6.92 Å². The van der Waals surface area contributed by atoms with E-state index in [0.717, 1.165) is 5.75 Å². The summed E-state index contributed by atoms with van der Waals surface area (Å²) in [4.78, 5) is 12.5. The largest absolute Gasteiger partial charge is 0.494 e. The predicted molar refractivity (Wildman–Crippen MR) is 120 cm³/mol. The minimum atomic E-state index is -3.84. The standard InChI is InChI=1S/C23H22N2O6S/c1-2-29-19-9-7-17(8-10-19)24-23(26)16-3-5-18(6-4-16)25-32(27,28)20-11-12-21-22(15-20)31-14-13-30-21/h3-12,15,25H,2,13-14H2,1H3,(H,24,26). The number of anilines is 2. The summed E-state index contributed by atoms with van der Waals surface area (Å²) in [6.45, 7) is 3.26. The van der Waals surface area contributed by atoms with Gasteiger partial charge in [-0.25, -0.2) is 8.42 Å². The maximum Gasteiger partial charge on any atom is 0.262 e. The second-order valence-electron chi connectivity index (χ2n) is 6.90. The van der Waals surface area contributed by atoms with E-state index in [1.165, 1.54) is 24.3 Å². The molecule has 0 aliphatic carbocycles. The van der Waals surface area contributed by atoms with Gasteiger partial charge in [-0.2, -0.15) is 0 Å². The fraction of sp³-hybridized carbons (Fsp3) is 0.174. The number of fused-ring (bicyclic) bond motifs is 1. The average molecular weight is 455 g/mol. The van der Waals surface area contributed by atoms with Crippen LogP contribution in [0, 0.1) is 0 Å². The third-order valence-corrected chi connectivity index (χ3v) is 6.03. The molecule has 0 saturated heterocycles. The Morgan fingerprint density at radius 2 is 1.56 bits per heavy atom. The van der Waals surface area contributed by atoms with Crippen molar-refractivity contribution in [2.75, 3.05) is 29.9 Å². The van der Waals surface area contributed by atoms with Crippen LogP contribution in [0.1, 0.15) is 17.3 Å². The number of amides is 1. The summed E-state index contributed by atoms with van der Waals surface area (Å²) >= 11 is 0. The molecule has 0 aromatic heterocycles.